The van der Waals surface area contributed by atoms with Gasteiger partial charge in [0.2, 0.25) is 5.91 Å². The quantitative estimate of drug-likeness (QED) is 0.690. The van der Waals surface area contributed by atoms with E-state index in [9.17, 15) is 18.0 Å². The molecule has 0 unspecified atom stereocenters. The predicted octanol–water partition coefficient (Wildman–Crippen LogP) is 5.00. The van der Waals surface area contributed by atoms with Gasteiger partial charge >= 0.3 is 6.18 Å². The van der Waals surface area contributed by atoms with Gasteiger partial charge in [-0.15, -0.1) is 0 Å². The molecule has 2 atom stereocenters. The monoisotopic (exact) mass is 465 g/mol. The smallest absolute Gasteiger partial charge is 0.368 e. The summed E-state index contributed by atoms with van der Waals surface area (Å²) in [5.41, 5.74) is 1.68. The van der Waals surface area contributed by atoms with Crippen molar-refractivity contribution in [2.75, 3.05) is 36.0 Å². The number of amides is 1. The van der Waals surface area contributed by atoms with Crippen LogP contribution in [0.2, 0.25) is 5.02 Å². The number of anilines is 2. The topological polar surface area (TPSA) is 35.6 Å². The molecule has 0 spiro atoms. The van der Waals surface area contributed by atoms with E-state index in [0.717, 1.165) is 17.4 Å². The average Bonchev–Trinajstić information content (AvgIpc) is 2.75. The van der Waals surface area contributed by atoms with Gasteiger partial charge in [-0.3, -0.25) is 4.79 Å². The van der Waals surface area contributed by atoms with Crippen LogP contribution in [-0.4, -0.2) is 38.1 Å². The standard InChI is InChI=1S/C24H27ClF3N3O/c1-15(2)13-29-23(32)20-11-16-10-17(24(26,27)28)6-7-21(16)31-9-8-30(14-22(20)31)19-5-3-4-18(25)12-19/h3-7,10,12,15,20,22H,8-9,11,13-14H2,1-2H3,(H,29,32)/t20-,22+/m0/s1. The number of hydrogen-bond donors (Lipinski definition) is 1. The van der Waals surface area contributed by atoms with Crippen molar-refractivity contribution in [3.63, 3.8) is 0 Å². The highest BCUT2D eigenvalue weighted by molar-refractivity contribution is 6.30. The first-order valence-electron chi connectivity index (χ1n) is 10.9. The summed E-state index contributed by atoms with van der Waals surface area (Å²) >= 11 is 6.18. The van der Waals surface area contributed by atoms with Crippen LogP contribution in [-0.2, 0) is 17.4 Å². The maximum Gasteiger partial charge on any atom is 0.416 e. The summed E-state index contributed by atoms with van der Waals surface area (Å²) < 4.78 is 40.0. The molecule has 1 saturated heterocycles. The molecule has 2 aromatic rings. The Bertz CT molecular complexity index is 995. The Labute approximate surface area is 191 Å². The van der Waals surface area contributed by atoms with E-state index in [0.29, 0.717) is 36.8 Å². The van der Waals surface area contributed by atoms with Crippen LogP contribution in [0.3, 0.4) is 0 Å². The zero-order chi connectivity index (χ0) is 23.0. The first-order chi connectivity index (χ1) is 15.1. The average molecular weight is 466 g/mol. The highest BCUT2D eigenvalue weighted by Crippen LogP contribution is 2.40. The zero-order valence-corrected chi connectivity index (χ0v) is 18.9. The lowest BCUT2D eigenvalue weighted by Crippen LogP contribution is -2.61. The summed E-state index contributed by atoms with van der Waals surface area (Å²) in [6.07, 6.45) is -4.12. The van der Waals surface area contributed by atoms with Crippen molar-refractivity contribution in [3.05, 3.63) is 58.6 Å². The molecular formula is C24H27ClF3N3O. The fraction of sp³-hybridized carbons (Fsp3) is 0.458. The number of carbonyl (C=O) groups is 1. The fourth-order valence-electron chi connectivity index (χ4n) is 4.64. The van der Waals surface area contributed by atoms with Crippen LogP contribution in [0.1, 0.15) is 25.0 Å². The molecule has 8 heteroatoms. The number of alkyl halides is 3. The number of fused-ring (bicyclic) bond motifs is 3. The number of rotatable bonds is 4. The van der Waals surface area contributed by atoms with Crippen LogP contribution >= 0.6 is 11.6 Å². The lowest BCUT2D eigenvalue weighted by molar-refractivity contribution is -0.137. The van der Waals surface area contributed by atoms with Crippen LogP contribution in [0.5, 0.6) is 0 Å². The number of halogens is 4. The third-order valence-corrected chi connectivity index (χ3v) is 6.47. The van der Waals surface area contributed by atoms with Gasteiger partial charge in [-0.1, -0.05) is 31.5 Å². The van der Waals surface area contributed by atoms with E-state index < -0.39 is 17.7 Å². The first kappa shape index (κ1) is 22.8. The molecule has 2 heterocycles. The third-order valence-electron chi connectivity index (χ3n) is 6.23. The molecule has 2 aliphatic heterocycles. The molecule has 1 N–H and O–H groups in total. The van der Waals surface area contributed by atoms with E-state index in [1.54, 1.807) is 6.07 Å². The summed E-state index contributed by atoms with van der Waals surface area (Å²) in [6, 6.07) is 11.4. The van der Waals surface area contributed by atoms with Gasteiger partial charge in [-0.2, -0.15) is 13.2 Å². The number of carbonyl (C=O) groups excluding carboxylic acids is 1. The van der Waals surface area contributed by atoms with Crippen LogP contribution in [0.25, 0.3) is 0 Å². The molecular weight excluding hydrogens is 439 g/mol. The highest BCUT2D eigenvalue weighted by atomic mass is 35.5. The summed E-state index contributed by atoms with van der Waals surface area (Å²) in [4.78, 5) is 17.5. The molecule has 0 aliphatic carbocycles. The second kappa shape index (κ2) is 8.85. The first-order valence-corrected chi connectivity index (χ1v) is 11.3. The van der Waals surface area contributed by atoms with Crippen molar-refractivity contribution < 1.29 is 18.0 Å². The van der Waals surface area contributed by atoms with Gasteiger partial charge in [-0.05, 0) is 54.3 Å². The van der Waals surface area contributed by atoms with E-state index in [1.165, 1.54) is 6.07 Å². The van der Waals surface area contributed by atoms with Gasteiger partial charge in [0.1, 0.15) is 0 Å². The second-order valence-corrected chi connectivity index (χ2v) is 9.41. The number of nitrogens with zero attached hydrogens (tertiary/aromatic N) is 2. The Morgan fingerprint density at radius 2 is 1.97 bits per heavy atom. The van der Waals surface area contributed by atoms with Gasteiger partial charge in [0.05, 0.1) is 17.5 Å². The predicted molar refractivity (Wildman–Crippen MR) is 121 cm³/mol. The van der Waals surface area contributed by atoms with Gasteiger partial charge in [0, 0.05) is 42.6 Å². The van der Waals surface area contributed by atoms with E-state index in [2.05, 4.69) is 15.1 Å². The molecule has 0 radical (unpaired) electrons. The van der Waals surface area contributed by atoms with Crippen LogP contribution in [0.15, 0.2) is 42.5 Å². The lowest BCUT2D eigenvalue weighted by Gasteiger charge is -2.49. The van der Waals surface area contributed by atoms with E-state index >= 15 is 0 Å². The van der Waals surface area contributed by atoms with Gasteiger partial charge in [0.15, 0.2) is 0 Å². The van der Waals surface area contributed by atoms with Crippen LogP contribution in [0.4, 0.5) is 24.5 Å². The second-order valence-electron chi connectivity index (χ2n) is 8.98. The zero-order valence-electron chi connectivity index (χ0n) is 18.1. The Hall–Kier alpha value is -2.41. The molecule has 4 nitrogen and oxygen atoms in total. The summed E-state index contributed by atoms with van der Waals surface area (Å²) in [6.45, 7) is 6.47. The van der Waals surface area contributed by atoms with Gasteiger partial charge in [-0.25, -0.2) is 0 Å². The Morgan fingerprint density at radius 1 is 1.19 bits per heavy atom. The van der Waals surface area contributed by atoms with Crippen molar-refractivity contribution in [3.8, 4) is 0 Å². The minimum absolute atomic E-state index is 0.107. The molecule has 1 fully saturated rings. The Balaban J connectivity index is 1.67. The van der Waals surface area contributed by atoms with Crippen LogP contribution in [0, 0.1) is 11.8 Å². The minimum atomic E-state index is -4.41. The Kier molecular flexibility index (Phi) is 6.30. The Morgan fingerprint density at radius 3 is 2.66 bits per heavy atom. The van der Waals surface area contributed by atoms with E-state index in [1.807, 2.05) is 38.1 Å². The molecule has 0 saturated carbocycles. The lowest BCUT2D eigenvalue weighted by atomic mass is 9.82. The number of piperazine rings is 1. The maximum absolute atomic E-state index is 13.3. The summed E-state index contributed by atoms with van der Waals surface area (Å²) in [5.74, 6) is -0.256. The van der Waals surface area contributed by atoms with Crippen LogP contribution < -0.4 is 15.1 Å². The molecule has 1 amide bonds. The highest BCUT2D eigenvalue weighted by Gasteiger charge is 2.42. The molecule has 2 aliphatic rings. The maximum atomic E-state index is 13.3. The van der Waals surface area contributed by atoms with E-state index in [-0.39, 0.29) is 24.3 Å². The third kappa shape index (κ3) is 4.68. The van der Waals surface area contributed by atoms with Crippen molar-refractivity contribution in [2.24, 2.45) is 11.8 Å². The molecule has 0 bridgehead atoms. The van der Waals surface area contributed by atoms with Crippen molar-refractivity contribution >= 4 is 28.9 Å². The number of nitrogens with one attached hydrogen (secondary N) is 1. The van der Waals surface area contributed by atoms with Crippen molar-refractivity contribution in [2.45, 2.75) is 32.5 Å². The number of hydrogen-bond acceptors (Lipinski definition) is 3. The minimum Gasteiger partial charge on any atom is -0.368 e. The van der Waals surface area contributed by atoms with Gasteiger partial charge < -0.3 is 15.1 Å². The van der Waals surface area contributed by atoms with Crippen molar-refractivity contribution in [1.29, 1.82) is 0 Å². The molecule has 172 valence electrons. The molecule has 4 rings (SSSR count). The largest absolute Gasteiger partial charge is 0.416 e. The van der Waals surface area contributed by atoms with Crippen molar-refractivity contribution in [1.82, 2.24) is 5.32 Å². The fourth-order valence-corrected chi connectivity index (χ4v) is 4.83. The van der Waals surface area contributed by atoms with E-state index in [4.69, 9.17) is 11.6 Å². The normalized spacial score (nSPS) is 20.7. The van der Waals surface area contributed by atoms with Gasteiger partial charge in [0.25, 0.3) is 0 Å². The summed E-state index contributed by atoms with van der Waals surface area (Å²) in [7, 11) is 0. The molecule has 0 aromatic heterocycles. The summed E-state index contributed by atoms with van der Waals surface area (Å²) in [5, 5.41) is 3.64. The molecule has 2 aromatic carbocycles. The number of benzene rings is 2. The SMILES string of the molecule is CC(C)CNC(=O)[C@H]1Cc2cc(C(F)(F)F)ccc2N2CCN(c3cccc(Cl)c3)C[C@H]12. The molecule has 32 heavy (non-hydrogen) atoms.